The lowest BCUT2D eigenvalue weighted by Crippen LogP contribution is -2.12. The molecular formula is C28H28N2O6S. The van der Waals surface area contributed by atoms with Crippen molar-refractivity contribution in [2.45, 2.75) is 27.3 Å². The van der Waals surface area contributed by atoms with Crippen molar-refractivity contribution in [2.24, 2.45) is 4.99 Å². The molecule has 0 fully saturated rings. The molecule has 1 N–H and O–H groups in total. The molecule has 2 heterocycles. The van der Waals surface area contributed by atoms with Gasteiger partial charge < -0.3 is 23.9 Å². The predicted octanol–water partition coefficient (Wildman–Crippen LogP) is 5.80. The molecule has 1 aliphatic rings. The van der Waals surface area contributed by atoms with Crippen LogP contribution in [0.4, 0.5) is 5.69 Å². The second-order valence-electron chi connectivity index (χ2n) is 7.93. The molecule has 0 amide bonds. The summed E-state index contributed by atoms with van der Waals surface area (Å²) >= 11 is 1.18. The number of aromatic nitrogens is 1. The van der Waals surface area contributed by atoms with E-state index in [2.05, 4.69) is 4.99 Å². The standard InChI is InChI=1S/C28H28N2O6S/c1-4-34-20-13-11-19(12-14-20)29-27-25(28(33)36-6-3)26(32)23(37-27)15-18-16-30(17-24(31)35-5-2)22-10-8-7-9-21(18)22/h7-16,32H,4-6,17H2,1-3H3/b23-15-,29-27?. The molecule has 1 aliphatic heterocycles. The van der Waals surface area contributed by atoms with Gasteiger partial charge in [-0.05, 0) is 57.2 Å². The van der Waals surface area contributed by atoms with Crippen LogP contribution in [0.1, 0.15) is 26.3 Å². The van der Waals surface area contributed by atoms with Gasteiger partial charge in [0.05, 0.1) is 30.4 Å². The number of aliphatic imine (C=N–C) groups is 1. The quantitative estimate of drug-likeness (QED) is 0.356. The molecule has 37 heavy (non-hydrogen) atoms. The van der Waals surface area contributed by atoms with Gasteiger partial charge in [-0.15, -0.1) is 0 Å². The molecule has 192 valence electrons. The number of aliphatic hydroxyl groups excluding tert-OH is 1. The lowest BCUT2D eigenvalue weighted by molar-refractivity contribution is -0.143. The molecule has 0 atom stereocenters. The molecule has 8 nitrogen and oxygen atoms in total. The average Bonchev–Trinajstić information content (AvgIpc) is 3.37. The van der Waals surface area contributed by atoms with E-state index in [9.17, 15) is 14.7 Å². The molecule has 0 aliphatic carbocycles. The third-order valence-corrected chi connectivity index (χ3v) is 6.48. The summed E-state index contributed by atoms with van der Waals surface area (Å²) in [5.74, 6) is -0.468. The summed E-state index contributed by atoms with van der Waals surface area (Å²) in [5.41, 5.74) is 2.25. The van der Waals surface area contributed by atoms with Crippen LogP contribution in [0.3, 0.4) is 0 Å². The van der Waals surface area contributed by atoms with E-state index in [1.807, 2.05) is 37.4 Å². The minimum absolute atomic E-state index is 0.0160. The first-order chi connectivity index (χ1) is 17.9. The monoisotopic (exact) mass is 520 g/mol. The van der Waals surface area contributed by atoms with E-state index in [1.54, 1.807) is 48.8 Å². The summed E-state index contributed by atoms with van der Waals surface area (Å²) in [5, 5.41) is 12.3. The van der Waals surface area contributed by atoms with Gasteiger partial charge in [0, 0.05) is 22.7 Å². The molecule has 9 heteroatoms. The van der Waals surface area contributed by atoms with Gasteiger partial charge in [0.2, 0.25) is 0 Å². The third-order valence-electron chi connectivity index (χ3n) is 5.46. The number of nitrogens with zero attached hydrogens (tertiary/aromatic N) is 2. The first-order valence-corrected chi connectivity index (χ1v) is 12.8. The van der Waals surface area contributed by atoms with Gasteiger partial charge >= 0.3 is 11.9 Å². The minimum atomic E-state index is -0.648. The van der Waals surface area contributed by atoms with Crippen LogP contribution in [0.2, 0.25) is 0 Å². The van der Waals surface area contributed by atoms with E-state index in [4.69, 9.17) is 14.2 Å². The second-order valence-corrected chi connectivity index (χ2v) is 8.96. The zero-order valence-corrected chi connectivity index (χ0v) is 21.7. The van der Waals surface area contributed by atoms with Gasteiger partial charge in [0.15, 0.2) is 0 Å². The van der Waals surface area contributed by atoms with Crippen LogP contribution < -0.4 is 4.74 Å². The highest BCUT2D eigenvalue weighted by Gasteiger charge is 2.33. The first-order valence-electron chi connectivity index (χ1n) is 12.0. The van der Waals surface area contributed by atoms with Gasteiger partial charge in [-0.25, -0.2) is 9.79 Å². The fourth-order valence-electron chi connectivity index (χ4n) is 3.90. The predicted molar refractivity (Wildman–Crippen MR) is 145 cm³/mol. The summed E-state index contributed by atoms with van der Waals surface area (Å²) in [6.07, 6.45) is 3.61. The Hall–Kier alpha value is -3.98. The van der Waals surface area contributed by atoms with Gasteiger partial charge in [-0.2, -0.15) is 0 Å². The summed E-state index contributed by atoms with van der Waals surface area (Å²) in [7, 11) is 0. The highest BCUT2D eigenvalue weighted by atomic mass is 32.2. The zero-order chi connectivity index (χ0) is 26.4. The number of aliphatic hydroxyl groups is 1. The van der Waals surface area contributed by atoms with Crippen molar-refractivity contribution in [3.05, 3.63) is 76.5 Å². The van der Waals surface area contributed by atoms with Crippen LogP contribution in [0.25, 0.3) is 17.0 Å². The molecule has 2 aromatic carbocycles. The molecule has 0 radical (unpaired) electrons. The van der Waals surface area contributed by atoms with E-state index >= 15 is 0 Å². The van der Waals surface area contributed by atoms with Crippen molar-refractivity contribution < 1.29 is 28.9 Å². The zero-order valence-electron chi connectivity index (χ0n) is 20.9. The Morgan fingerprint density at radius 1 is 1.00 bits per heavy atom. The van der Waals surface area contributed by atoms with Gasteiger partial charge in [-0.1, -0.05) is 30.0 Å². The topological polar surface area (TPSA) is 99.4 Å². The van der Waals surface area contributed by atoms with Crippen LogP contribution in [0, 0.1) is 0 Å². The Morgan fingerprint density at radius 3 is 2.43 bits per heavy atom. The highest BCUT2D eigenvalue weighted by molar-refractivity contribution is 8.18. The smallest absolute Gasteiger partial charge is 0.344 e. The summed E-state index contributed by atoms with van der Waals surface area (Å²) in [6, 6.07) is 14.8. The largest absolute Gasteiger partial charge is 0.506 e. The van der Waals surface area contributed by atoms with Crippen LogP contribution in [-0.2, 0) is 25.6 Å². The highest BCUT2D eigenvalue weighted by Crippen LogP contribution is 2.41. The molecular weight excluding hydrogens is 492 g/mol. The number of thioether (sulfide) groups is 1. The number of esters is 2. The van der Waals surface area contributed by atoms with E-state index in [0.29, 0.717) is 34.6 Å². The Balaban J connectivity index is 1.74. The Labute approximate surface area is 219 Å². The lowest BCUT2D eigenvalue weighted by Gasteiger charge is -2.05. The fourth-order valence-corrected chi connectivity index (χ4v) is 4.93. The number of rotatable bonds is 9. The fraction of sp³-hybridized carbons (Fsp3) is 0.250. The van der Waals surface area contributed by atoms with Crippen molar-refractivity contribution >= 4 is 51.4 Å². The molecule has 3 aromatic rings. The molecule has 4 rings (SSSR count). The van der Waals surface area contributed by atoms with Gasteiger partial charge in [0.1, 0.15) is 28.7 Å². The second kappa shape index (κ2) is 11.8. The third kappa shape index (κ3) is 5.89. The molecule has 1 aromatic heterocycles. The van der Waals surface area contributed by atoms with Gasteiger partial charge in [0.25, 0.3) is 0 Å². The first kappa shape index (κ1) is 26.1. The molecule has 0 saturated heterocycles. The number of fused-ring (bicyclic) bond motifs is 1. The van der Waals surface area contributed by atoms with Crippen molar-refractivity contribution in [3.63, 3.8) is 0 Å². The van der Waals surface area contributed by atoms with E-state index in [1.165, 1.54) is 11.8 Å². The summed E-state index contributed by atoms with van der Waals surface area (Å²) < 4.78 is 17.6. The number of hydrogen-bond donors (Lipinski definition) is 1. The number of carbonyl (C=O) groups excluding carboxylic acids is 2. The van der Waals surface area contributed by atoms with Crippen molar-refractivity contribution in [2.75, 3.05) is 19.8 Å². The van der Waals surface area contributed by atoms with E-state index in [-0.39, 0.29) is 30.5 Å². The number of benzene rings is 2. The van der Waals surface area contributed by atoms with Crippen LogP contribution in [-0.4, -0.2) is 46.5 Å². The Kier molecular flexibility index (Phi) is 8.35. The SMILES string of the molecule is CCOC(=O)Cn1cc(/C=C2\SC(=Nc3ccc(OCC)cc3)C(C(=O)OCC)=C2O)c2ccccc21. The van der Waals surface area contributed by atoms with E-state index in [0.717, 1.165) is 16.5 Å². The van der Waals surface area contributed by atoms with Crippen LogP contribution in [0.15, 0.2) is 76.0 Å². The van der Waals surface area contributed by atoms with Gasteiger partial charge in [-0.3, -0.25) is 4.79 Å². The summed E-state index contributed by atoms with van der Waals surface area (Å²) in [4.78, 5) is 29.9. The van der Waals surface area contributed by atoms with Crippen LogP contribution in [0.5, 0.6) is 5.75 Å². The van der Waals surface area contributed by atoms with E-state index < -0.39 is 5.97 Å². The Bertz CT molecular complexity index is 1400. The minimum Gasteiger partial charge on any atom is -0.506 e. The number of carbonyl (C=O) groups is 2. The van der Waals surface area contributed by atoms with Crippen molar-refractivity contribution in [1.82, 2.24) is 4.57 Å². The molecule has 0 saturated carbocycles. The Morgan fingerprint density at radius 2 is 1.73 bits per heavy atom. The van der Waals surface area contributed by atoms with Crippen molar-refractivity contribution in [3.8, 4) is 5.75 Å². The van der Waals surface area contributed by atoms with Crippen LogP contribution >= 0.6 is 11.8 Å². The number of ether oxygens (including phenoxy) is 3. The maximum absolute atomic E-state index is 12.8. The summed E-state index contributed by atoms with van der Waals surface area (Å²) in [6.45, 7) is 6.46. The normalized spacial score (nSPS) is 15.5. The number of hydrogen-bond acceptors (Lipinski definition) is 8. The molecule has 0 unspecified atom stereocenters. The molecule has 0 spiro atoms. The molecule has 0 bridgehead atoms. The lowest BCUT2D eigenvalue weighted by atomic mass is 10.1. The average molecular weight is 521 g/mol. The number of para-hydroxylation sites is 1. The van der Waals surface area contributed by atoms with Crippen molar-refractivity contribution in [1.29, 1.82) is 0 Å². The maximum atomic E-state index is 12.8. The maximum Gasteiger partial charge on any atom is 0.344 e.